The van der Waals surface area contributed by atoms with Gasteiger partial charge in [0, 0.05) is 0 Å². The van der Waals surface area contributed by atoms with Gasteiger partial charge in [0.05, 0.1) is 5.41 Å². The molecule has 7 nitrogen and oxygen atoms in total. The lowest BCUT2D eigenvalue weighted by atomic mass is 9.73. The predicted octanol–water partition coefficient (Wildman–Crippen LogP) is 3.70. The van der Waals surface area contributed by atoms with Crippen molar-refractivity contribution in [3.63, 3.8) is 0 Å². The second-order valence-electron chi connectivity index (χ2n) is 7.85. The number of carbonyl (C=O) groups excluding carboxylic acids is 2. The highest BCUT2D eigenvalue weighted by molar-refractivity contribution is 7.87. The lowest BCUT2D eigenvalue weighted by Crippen LogP contribution is -2.55. The monoisotopic (exact) mass is 420 g/mol. The van der Waals surface area contributed by atoms with E-state index >= 15 is 0 Å². The van der Waals surface area contributed by atoms with Crippen molar-refractivity contribution in [2.24, 2.45) is 16.9 Å². The van der Waals surface area contributed by atoms with Crippen molar-refractivity contribution in [3.05, 3.63) is 0 Å². The summed E-state index contributed by atoms with van der Waals surface area (Å²) in [4.78, 5) is 24.3. The first-order valence-corrected chi connectivity index (χ1v) is 12.2. The van der Waals surface area contributed by atoms with Crippen molar-refractivity contribution in [2.45, 2.75) is 109 Å². The van der Waals surface area contributed by atoms with E-state index in [0.29, 0.717) is 12.8 Å². The van der Waals surface area contributed by atoms with Gasteiger partial charge < -0.3 is 11.5 Å². The summed E-state index contributed by atoms with van der Waals surface area (Å²) in [6, 6.07) is 0. The van der Waals surface area contributed by atoms with E-state index in [4.69, 9.17) is 11.5 Å². The summed E-state index contributed by atoms with van der Waals surface area (Å²) in [7, 11) is -4.84. The molecule has 0 heterocycles. The molecule has 0 saturated carbocycles. The largest absolute Gasteiger partial charge is 0.369 e. The van der Waals surface area contributed by atoms with Gasteiger partial charge in [0.25, 0.3) is 10.1 Å². The second kappa shape index (κ2) is 13.9. The lowest BCUT2D eigenvalue weighted by Gasteiger charge is -2.35. The minimum Gasteiger partial charge on any atom is -0.369 e. The van der Waals surface area contributed by atoms with Gasteiger partial charge in [0.15, 0.2) is 5.25 Å². The highest BCUT2D eigenvalue weighted by Crippen LogP contribution is 2.38. The maximum absolute atomic E-state index is 12.4. The van der Waals surface area contributed by atoms with Crippen LogP contribution >= 0.6 is 0 Å². The van der Waals surface area contributed by atoms with Crippen LogP contribution in [-0.4, -0.2) is 30.0 Å². The molecule has 0 aliphatic heterocycles. The number of hydrogen-bond donors (Lipinski definition) is 3. The van der Waals surface area contributed by atoms with Gasteiger partial charge in [-0.3, -0.25) is 14.1 Å². The van der Waals surface area contributed by atoms with Crippen molar-refractivity contribution in [1.82, 2.24) is 0 Å². The van der Waals surface area contributed by atoms with Crippen LogP contribution in [0.5, 0.6) is 0 Å². The Hall–Kier alpha value is -1.15. The van der Waals surface area contributed by atoms with E-state index in [1.807, 2.05) is 0 Å². The summed E-state index contributed by atoms with van der Waals surface area (Å²) in [5.41, 5.74) is 9.25. The number of unbranched alkanes of at least 4 members (excludes halogenated alkanes) is 10. The third kappa shape index (κ3) is 9.37. The minimum atomic E-state index is -4.84. The molecule has 0 fully saturated rings. The fourth-order valence-electron chi connectivity index (χ4n) is 3.91. The van der Waals surface area contributed by atoms with Crippen LogP contribution in [0.15, 0.2) is 0 Å². The molecule has 0 aromatic rings. The van der Waals surface area contributed by atoms with Crippen LogP contribution in [-0.2, 0) is 19.7 Å². The number of nitrogens with two attached hydrogens (primary N) is 2. The summed E-state index contributed by atoms with van der Waals surface area (Å²) < 4.78 is 33.5. The molecule has 0 spiro atoms. The Morgan fingerprint density at radius 1 is 0.786 bits per heavy atom. The molecule has 1 atom stereocenters. The zero-order valence-electron chi connectivity index (χ0n) is 17.6. The lowest BCUT2D eigenvalue weighted by molar-refractivity contribution is -0.133. The summed E-state index contributed by atoms with van der Waals surface area (Å²) >= 11 is 0. The second-order valence-corrected chi connectivity index (χ2v) is 9.35. The van der Waals surface area contributed by atoms with Crippen LogP contribution in [0, 0.1) is 5.41 Å². The highest BCUT2D eigenvalue weighted by Gasteiger charge is 2.52. The van der Waals surface area contributed by atoms with E-state index in [2.05, 4.69) is 13.8 Å². The average Bonchev–Trinajstić information content (AvgIpc) is 2.58. The Morgan fingerprint density at radius 3 is 1.43 bits per heavy atom. The molecule has 0 radical (unpaired) electrons. The van der Waals surface area contributed by atoms with Crippen LogP contribution in [0.1, 0.15) is 104 Å². The van der Waals surface area contributed by atoms with Crippen LogP contribution < -0.4 is 11.5 Å². The van der Waals surface area contributed by atoms with E-state index in [-0.39, 0.29) is 12.8 Å². The van der Waals surface area contributed by atoms with Crippen molar-refractivity contribution >= 4 is 21.9 Å². The molecule has 0 aromatic heterocycles. The molecule has 28 heavy (non-hydrogen) atoms. The molecule has 0 rings (SSSR count). The molecule has 1 unspecified atom stereocenters. The van der Waals surface area contributed by atoms with Gasteiger partial charge in [0.1, 0.15) is 0 Å². The Kier molecular flexibility index (Phi) is 13.4. The molecule has 0 aliphatic carbocycles. The Labute approximate surface area is 170 Å². The summed E-state index contributed by atoms with van der Waals surface area (Å²) in [5, 5.41) is -2.00. The number of rotatable bonds is 18. The first kappa shape index (κ1) is 26.9. The summed E-state index contributed by atoms with van der Waals surface area (Å²) in [6.07, 6.45) is 11.5. The normalized spacial score (nSPS) is 13.4. The van der Waals surface area contributed by atoms with Gasteiger partial charge in [-0.05, 0) is 12.8 Å². The standard InChI is InChI=1S/C20H40N2O5S/c1-3-5-7-9-11-13-15-20(19(22)24,16-14-12-10-8-6-4-2)17(18(21)23)28(25,26)27/h17H,3-16H2,1-2H3,(H2,21,23)(H2,22,24)(H,25,26,27). The fourth-order valence-corrected chi connectivity index (χ4v) is 5.12. The van der Waals surface area contributed by atoms with Crippen molar-refractivity contribution < 1.29 is 22.6 Å². The molecular formula is C20H40N2O5S. The molecule has 0 aliphatic rings. The topological polar surface area (TPSA) is 141 Å². The first-order valence-electron chi connectivity index (χ1n) is 10.7. The molecule has 2 amide bonds. The molecule has 5 N–H and O–H groups in total. The van der Waals surface area contributed by atoms with Gasteiger partial charge in [-0.1, -0.05) is 90.9 Å². The van der Waals surface area contributed by atoms with E-state index in [1.54, 1.807) is 0 Å². The van der Waals surface area contributed by atoms with Gasteiger partial charge in [-0.15, -0.1) is 0 Å². The summed E-state index contributed by atoms with van der Waals surface area (Å²) in [6.45, 7) is 4.23. The zero-order chi connectivity index (χ0) is 21.6. The van der Waals surface area contributed by atoms with Crippen LogP contribution in [0.3, 0.4) is 0 Å². The van der Waals surface area contributed by atoms with Crippen LogP contribution in [0.4, 0.5) is 0 Å². The van der Waals surface area contributed by atoms with E-state index in [9.17, 15) is 22.6 Å². The molecule has 166 valence electrons. The number of carbonyl (C=O) groups is 2. The molecule has 8 heteroatoms. The number of primary amides is 2. The Morgan fingerprint density at radius 2 is 1.14 bits per heavy atom. The SMILES string of the molecule is CCCCCCCCC(CCCCCCCC)(C(N)=O)C(C(N)=O)S(=O)(=O)O. The van der Waals surface area contributed by atoms with Gasteiger partial charge >= 0.3 is 0 Å². The van der Waals surface area contributed by atoms with Crippen LogP contribution in [0.25, 0.3) is 0 Å². The van der Waals surface area contributed by atoms with Gasteiger partial charge in [-0.25, -0.2) is 0 Å². The smallest absolute Gasteiger partial charge is 0.278 e. The van der Waals surface area contributed by atoms with Crippen molar-refractivity contribution in [3.8, 4) is 0 Å². The molecular weight excluding hydrogens is 380 g/mol. The Balaban J connectivity index is 5.31. The van der Waals surface area contributed by atoms with E-state index < -0.39 is 32.6 Å². The summed E-state index contributed by atoms with van der Waals surface area (Å²) in [5.74, 6) is -2.10. The van der Waals surface area contributed by atoms with Gasteiger partial charge in [0.2, 0.25) is 11.8 Å². The average molecular weight is 421 g/mol. The predicted molar refractivity (Wildman–Crippen MR) is 112 cm³/mol. The number of amides is 2. The molecule has 0 bridgehead atoms. The third-order valence-corrected chi connectivity index (χ3v) is 6.78. The fraction of sp³-hybridized carbons (Fsp3) is 0.900. The van der Waals surface area contributed by atoms with Crippen molar-refractivity contribution in [1.29, 1.82) is 0 Å². The maximum atomic E-state index is 12.4. The van der Waals surface area contributed by atoms with E-state index in [1.165, 1.54) is 0 Å². The van der Waals surface area contributed by atoms with Crippen molar-refractivity contribution in [2.75, 3.05) is 0 Å². The minimum absolute atomic E-state index is 0.136. The van der Waals surface area contributed by atoms with Gasteiger partial charge in [-0.2, -0.15) is 8.42 Å². The quantitative estimate of drug-likeness (QED) is 0.229. The number of hydrogen-bond acceptors (Lipinski definition) is 4. The van der Waals surface area contributed by atoms with Crippen LogP contribution in [0.2, 0.25) is 0 Å². The Bertz CT molecular complexity index is 547. The maximum Gasteiger partial charge on any atom is 0.278 e. The molecule has 0 aromatic carbocycles. The zero-order valence-corrected chi connectivity index (χ0v) is 18.4. The molecule has 0 saturated heterocycles. The first-order chi connectivity index (χ1) is 13.1. The van der Waals surface area contributed by atoms with E-state index in [0.717, 1.165) is 64.2 Å². The highest BCUT2D eigenvalue weighted by atomic mass is 32.2. The third-order valence-electron chi connectivity index (χ3n) is 5.50.